The topological polar surface area (TPSA) is 37.8 Å². The lowest BCUT2D eigenvalue weighted by Gasteiger charge is -2.04. The first-order valence-electron chi connectivity index (χ1n) is 6.27. The molecule has 19 heavy (non-hydrogen) atoms. The van der Waals surface area contributed by atoms with Crippen LogP contribution in [0.4, 0.5) is 0 Å². The van der Waals surface area contributed by atoms with Crippen molar-refractivity contribution in [1.82, 2.24) is 15.3 Å². The molecule has 0 bridgehead atoms. The van der Waals surface area contributed by atoms with Gasteiger partial charge in [0.05, 0.1) is 5.69 Å². The van der Waals surface area contributed by atoms with Gasteiger partial charge in [0.2, 0.25) is 0 Å². The molecule has 0 spiro atoms. The normalized spacial score (nSPS) is 11.0. The Labute approximate surface area is 116 Å². The number of nitrogens with one attached hydrogen (secondary N) is 1. The van der Waals surface area contributed by atoms with E-state index in [4.69, 9.17) is 0 Å². The fourth-order valence-corrected chi connectivity index (χ4v) is 3.06. The Kier molecular flexibility index (Phi) is 3.53. The summed E-state index contributed by atoms with van der Waals surface area (Å²) in [6.07, 6.45) is 1.80. The van der Waals surface area contributed by atoms with Crippen molar-refractivity contribution < 1.29 is 0 Å². The largest absolute Gasteiger partial charge is 0.307 e. The number of nitrogens with zero attached hydrogens (tertiary/aromatic N) is 2. The predicted molar refractivity (Wildman–Crippen MR) is 79.1 cm³/mol. The van der Waals surface area contributed by atoms with Crippen LogP contribution in [-0.4, -0.2) is 9.97 Å². The van der Waals surface area contributed by atoms with Crippen molar-refractivity contribution in [3.05, 3.63) is 59.0 Å². The van der Waals surface area contributed by atoms with Crippen molar-refractivity contribution in [1.29, 1.82) is 0 Å². The van der Waals surface area contributed by atoms with E-state index in [0.29, 0.717) is 0 Å². The number of aryl methyl sites for hydroxylation is 1. The molecule has 0 saturated heterocycles. The van der Waals surface area contributed by atoms with Gasteiger partial charge >= 0.3 is 0 Å². The molecule has 0 radical (unpaired) electrons. The first-order valence-corrected chi connectivity index (χ1v) is 7.15. The maximum absolute atomic E-state index is 4.38. The highest BCUT2D eigenvalue weighted by atomic mass is 32.1. The summed E-state index contributed by atoms with van der Waals surface area (Å²) < 4.78 is 1.34. The number of benzene rings is 1. The van der Waals surface area contributed by atoms with E-state index in [1.165, 1.54) is 15.6 Å². The molecule has 0 fully saturated rings. The Bertz CT molecular complexity index is 690. The van der Waals surface area contributed by atoms with Crippen LogP contribution in [0.3, 0.4) is 0 Å². The Morgan fingerprint density at radius 3 is 2.95 bits per heavy atom. The Morgan fingerprint density at radius 2 is 2.05 bits per heavy atom. The molecule has 3 aromatic rings. The standard InChI is InChI=1S/C15H15N3S/c1-11-17-7-6-13(18-11)9-16-8-12-10-19-15-5-3-2-4-14(12)15/h2-7,10,16H,8-9H2,1H3. The second-order valence-electron chi connectivity index (χ2n) is 4.46. The van der Waals surface area contributed by atoms with E-state index in [0.717, 1.165) is 24.6 Å². The number of fused-ring (bicyclic) bond motifs is 1. The lowest BCUT2D eigenvalue weighted by atomic mass is 10.2. The molecule has 0 amide bonds. The van der Waals surface area contributed by atoms with Crippen LogP contribution >= 0.6 is 11.3 Å². The summed E-state index contributed by atoms with van der Waals surface area (Å²) in [6.45, 7) is 3.55. The molecular weight excluding hydrogens is 254 g/mol. The highest BCUT2D eigenvalue weighted by molar-refractivity contribution is 7.17. The van der Waals surface area contributed by atoms with Gasteiger partial charge in [-0.1, -0.05) is 18.2 Å². The molecule has 0 aliphatic rings. The monoisotopic (exact) mass is 269 g/mol. The van der Waals surface area contributed by atoms with Crippen molar-refractivity contribution >= 4 is 21.4 Å². The Hall–Kier alpha value is -1.78. The summed E-state index contributed by atoms with van der Waals surface area (Å²) in [6, 6.07) is 10.5. The maximum atomic E-state index is 4.38. The highest BCUT2D eigenvalue weighted by Gasteiger charge is 2.03. The van der Waals surface area contributed by atoms with Crippen molar-refractivity contribution in [2.45, 2.75) is 20.0 Å². The van der Waals surface area contributed by atoms with Gasteiger partial charge in [-0.15, -0.1) is 11.3 Å². The van der Waals surface area contributed by atoms with Crippen LogP contribution in [-0.2, 0) is 13.1 Å². The Morgan fingerprint density at radius 1 is 1.16 bits per heavy atom. The molecule has 2 aromatic heterocycles. The quantitative estimate of drug-likeness (QED) is 0.789. The number of hydrogen-bond donors (Lipinski definition) is 1. The van der Waals surface area contributed by atoms with Crippen molar-refractivity contribution in [3.63, 3.8) is 0 Å². The first-order chi connectivity index (χ1) is 9.33. The predicted octanol–water partition coefficient (Wildman–Crippen LogP) is 3.29. The summed E-state index contributed by atoms with van der Waals surface area (Å²) in [7, 11) is 0. The van der Waals surface area contributed by atoms with Crippen LogP contribution < -0.4 is 5.32 Å². The Balaban J connectivity index is 1.66. The zero-order valence-electron chi connectivity index (χ0n) is 10.8. The average molecular weight is 269 g/mol. The van der Waals surface area contributed by atoms with Gasteiger partial charge in [-0.3, -0.25) is 0 Å². The minimum atomic E-state index is 0.771. The zero-order valence-corrected chi connectivity index (χ0v) is 11.6. The first kappa shape index (κ1) is 12.3. The average Bonchev–Trinajstić information content (AvgIpc) is 2.83. The van der Waals surface area contributed by atoms with Crippen LogP contribution in [0.15, 0.2) is 41.9 Å². The lowest BCUT2D eigenvalue weighted by Crippen LogP contribution is -2.13. The van der Waals surface area contributed by atoms with E-state index in [1.54, 1.807) is 17.5 Å². The number of thiophene rings is 1. The molecule has 0 atom stereocenters. The van der Waals surface area contributed by atoms with Gasteiger partial charge in [-0.25, -0.2) is 9.97 Å². The molecule has 3 rings (SSSR count). The van der Waals surface area contributed by atoms with Gasteiger partial charge < -0.3 is 5.32 Å². The molecule has 3 nitrogen and oxygen atoms in total. The molecule has 0 aliphatic heterocycles. The minimum Gasteiger partial charge on any atom is -0.307 e. The summed E-state index contributed by atoms with van der Waals surface area (Å²) in [5.74, 6) is 0.820. The third-order valence-electron chi connectivity index (χ3n) is 3.02. The van der Waals surface area contributed by atoms with Gasteiger partial charge in [0.25, 0.3) is 0 Å². The lowest BCUT2D eigenvalue weighted by molar-refractivity contribution is 0.679. The second kappa shape index (κ2) is 5.47. The molecule has 0 saturated carbocycles. The van der Waals surface area contributed by atoms with E-state index in [9.17, 15) is 0 Å². The molecule has 1 N–H and O–H groups in total. The molecule has 4 heteroatoms. The molecule has 0 aliphatic carbocycles. The number of rotatable bonds is 4. The third-order valence-corrected chi connectivity index (χ3v) is 4.03. The molecule has 2 heterocycles. The van der Waals surface area contributed by atoms with Crippen molar-refractivity contribution in [2.75, 3.05) is 0 Å². The molecule has 1 aromatic carbocycles. The minimum absolute atomic E-state index is 0.771. The van der Waals surface area contributed by atoms with Gasteiger partial charge in [-0.05, 0) is 35.4 Å². The van der Waals surface area contributed by atoms with Crippen LogP contribution in [0, 0.1) is 6.92 Å². The van der Waals surface area contributed by atoms with Crippen molar-refractivity contribution in [2.24, 2.45) is 0 Å². The van der Waals surface area contributed by atoms with Gasteiger partial charge in [0.1, 0.15) is 5.82 Å². The summed E-state index contributed by atoms with van der Waals surface area (Å²) >= 11 is 1.80. The molecular formula is C15H15N3S. The molecule has 96 valence electrons. The van der Waals surface area contributed by atoms with Crippen LogP contribution in [0.5, 0.6) is 0 Å². The van der Waals surface area contributed by atoms with Crippen molar-refractivity contribution in [3.8, 4) is 0 Å². The van der Waals surface area contributed by atoms with Crippen LogP contribution in [0.2, 0.25) is 0 Å². The third kappa shape index (κ3) is 2.80. The number of aromatic nitrogens is 2. The summed E-state index contributed by atoms with van der Waals surface area (Å²) in [5, 5.41) is 7.01. The van der Waals surface area contributed by atoms with Gasteiger partial charge in [-0.2, -0.15) is 0 Å². The zero-order chi connectivity index (χ0) is 13.1. The van der Waals surface area contributed by atoms with Gasteiger partial charge in [0.15, 0.2) is 0 Å². The maximum Gasteiger partial charge on any atom is 0.125 e. The molecule has 0 unspecified atom stereocenters. The fourth-order valence-electron chi connectivity index (χ4n) is 2.10. The SMILES string of the molecule is Cc1nccc(CNCc2csc3ccccc23)n1. The van der Waals surface area contributed by atoms with E-state index in [-0.39, 0.29) is 0 Å². The van der Waals surface area contributed by atoms with Gasteiger partial charge in [0, 0.05) is 24.0 Å². The van der Waals surface area contributed by atoms with E-state index >= 15 is 0 Å². The van der Waals surface area contributed by atoms with Crippen LogP contribution in [0.1, 0.15) is 17.1 Å². The summed E-state index contributed by atoms with van der Waals surface area (Å²) in [4.78, 5) is 8.48. The highest BCUT2D eigenvalue weighted by Crippen LogP contribution is 2.25. The van der Waals surface area contributed by atoms with Crippen LogP contribution in [0.25, 0.3) is 10.1 Å². The van der Waals surface area contributed by atoms with E-state index in [1.807, 2.05) is 13.0 Å². The second-order valence-corrected chi connectivity index (χ2v) is 5.37. The van der Waals surface area contributed by atoms with E-state index < -0.39 is 0 Å². The number of hydrogen-bond acceptors (Lipinski definition) is 4. The summed E-state index contributed by atoms with van der Waals surface area (Å²) in [5.41, 5.74) is 2.39. The van der Waals surface area contributed by atoms with E-state index in [2.05, 4.69) is 44.9 Å². The fraction of sp³-hybridized carbons (Fsp3) is 0.200. The smallest absolute Gasteiger partial charge is 0.125 e.